The van der Waals surface area contributed by atoms with Crippen molar-refractivity contribution in [2.24, 2.45) is 0 Å². The summed E-state index contributed by atoms with van der Waals surface area (Å²) in [5.41, 5.74) is 0.462. The van der Waals surface area contributed by atoms with Crippen LogP contribution >= 0.6 is 0 Å². The molecular formula is C30H31F4N7O4. The van der Waals surface area contributed by atoms with Crippen LogP contribution in [0.3, 0.4) is 0 Å². The molecular weight excluding hydrogens is 598 g/mol. The minimum atomic E-state index is -4.85. The maximum atomic E-state index is 13.9. The summed E-state index contributed by atoms with van der Waals surface area (Å²) in [6.07, 6.45) is -2.09. The zero-order chi connectivity index (χ0) is 32.3. The van der Waals surface area contributed by atoms with Gasteiger partial charge in [-0.15, -0.1) is 0 Å². The van der Waals surface area contributed by atoms with Gasteiger partial charge in [0.1, 0.15) is 23.7 Å². The molecule has 1 unspecified atom stereocenters. The number of rotatable bonds is 8. The fourth-order valence-electron chi connectivity index (χ4n) is 5.28. The van der Waals surface area contributed by atoms with Gasteiger partial charge in [-0.05, 0) is 29.8 Å². The number of carbonyl (C=O) groups excluding carboxylic acids is 2. The number of hydrogen-bond acceptors (Lipinski definition) is 9. The number of alkyl halides is 3. The van der Waals surface area contributed by atoms with E-state index in [0.29, 0.717) is 61.2 Å². The van der Waals surface area contributed by atoms with Crippen molar-refractivity contribution in [3.8, 4) is 5.75 Å². The van der Waals surface area contributed by atoms with Crippen LogP contribution < -0.4 is 25.3 Å². The summed E-state index contributed by atoms with van der Waals surface area (Å²) in [6, 6.07) is 7.20. The quantitative estimate of drug-likeness (QED) is 0.261. The number of methoxy groups -OCH3 is 1. The van der Waals surface area contributed by atoms with Crippen molar-refractivity contribution in [1.82, 2.24) is 14.9 Å². The number of hydrogen-bond donors (Lipinski definition) is 2. The average Bonchev–Trinajstić information content (AvgIpc) is 3.51. The van der Waals surface area contributed by atoms with E-state index in [1.54, 1.807) is 23.1 Å². The number of nitrogens with zero attached hydrogens (tertiary/aromatic N) is 5. The molecule has 2 aromatic carbocycles. The Labute approximate surface area is 256 Å². The minimum absolute atomic E-state index is 0.00874. The third-order valence-corrected chi connectivity index (χ3v) is 7.55. The Balaban J connectivity index is 1.43. The predicted molar refractivity (Wildman–Crippen MR) is 159 cm³/mol. The molecule has 0 saturated carbocycles. The van der Waals surface area contributed by atoms with Crippen molar-refractivity contribution in [2.45, 2.75) is 25.6 Å². The van der Waals surface area contributed by atoms with Gasteiger partial charge in [-0.1, -0.05) is 12.6 Å². The van der Waals surface area contributed by atoms with Crippen molar-refractivity contribution in [3.05, 3.63) is 72.3 Å². The molecule has 2 saturated heterocycles. The smallest absolute Gasteiger partial charge is 0.419 e. The average molecular weight is 630 g/mol. The number of halogens is 4. The largest absolute Gasteiger partial charge is 0.494 e. The molecule has 5 rings (SSSR count). The van der Waals surface area contributed by atoms with Gasteiger partial charge in [0.05, 0.1) is 42.4 Å². The molecule has 2 aliphatic heterocycles. The first-order chi connectivity index (χ1) is 21.5. The Morgan fingerprint density at radius 1 is 1.09 bits per heavy atom. The van der Waals surface area contributed by atoms with Gasteiger partial charge < -0.3 is 25.2 Å². The van der Waals surface area contributed by atoms with Gasteiger partial charge in [0.2, 0.25) is 11.8 Å². The molecule has 238 valence electrons. The first kappa shape index (κ1) is 31.5. The second kappa shape index (κ2) is 13.0. The first-order valence-corrected chi connectivity index (χ1v) is 14.0. The third-order valence-electron chi connectivity index (χ3n) is 7.55. The Morgan fingerprint density at radius 2 is 1.84 bits per heavy atom. The number of anilines is 5. The lowest BCUT2D eigenvalue weighted by Gasteiger charge is -2.36. The number of hydroxylamine groups is 1. The molecule has 1 atom stereocenters. The first-order valence-electron chi connectivity index (χ1n) is 14.0. The Hall–Kier alpha value is -4.92. The van der Waals surface area contributed by atoms with Gasteiger partial charge in [0, 0.05) is 51.7 Å². The number of amides is 2. The van der Waals surface area contributed by atoms with Crippen LogP contribution in [0.4, 0.5) is 46.3 Å². The third kappa shape index (κ3) is 6.93. The van der Waals surface area contributed by atoms with E-state index in [9.17, 15) is 27.2 Å². The second-order valence-electron chi connectivity index (χ2n) is 10.3. The maximum Gasteiger partial charge on any atom is 0.419 e. The van der Waals surface area contributed by atoms with Gasteiger partial charge >= 0.3 is 6.18 Å². The lowest BCUT2D eigenvalue weighted by molar-refractivity contribution is -0.140. The summed E-state index contributed by atoms with van der Waals surface area (Å²) in [5.74, 6) is -0.806. The number of nitrogens with one attached hydrogen (secondary N) is 2. The molecule has 0 radical (unpaired) electrons. The number of aromatic nitrogens is 2. The van der Waals surface area contributed by atoms with Crippen LogP contribution in [0.2, 0.25) is 0 Å². The Morgan fingerprint density at radius 3 is 2.51 bits per heavy atom. The van der Waals surface area contributed by atoms with E-state index in [-0.39, 0.29) is 23.9 Å². The highest BCUT2D eigenvalue weighted by atomic mass is 19.4. The summed E-state index contributed by atoms with van der Waals surface area (Å²) >= 11 is 0. The summed E-state index contributed by atoms with van der Waals surface area (Å²) in [5, 5.41) is 7.35. The number of ether oxygens (including phenoxy) is 1. The van der Waals surface area contributed by atoms with Gasteiger partial charge in [0.25, 0.3) is 0 Å². The molecule has 0 aliphatic carbocycles. The topological polar surface area (TPSA) is 112 Å². The van der Waals surface area contributed by atoms with E-state index in [2.05, 4.69) is 27.2 Å². The van der Waals surface area contributed by atoms with E-state index < -0.39 is 29.5 Å². The molecule has 2 amide bonds. The lowest BCUT2D eigenvalue weighted by atomic mass is 10.0. The molecule has 15 heteroatoms. The van der Waals surface area contributed by atoms with Gasteiger partial charge in [0.15, 0.2) is 5.82 Å². The van der Waals surface area contributed by atoms with Crippen LogP contribution in [-0.4, -0.2) is 66.6 Å². The number of carbonyl (C=O) groups is 2. The van der Waals surface area contributed by atoms with E-state index in [4.69, 9.17) is 9.57 Å². The van der Waals surface area contributed by atoms with Crippen molar-refractivity contribution in [1.29, 1.82) is 0 Å². The molecule has 0 bridgehead atoms. The van der Waals surface area contributed by atoms with Crippen LogP contribution in [0.25, 0.3) is 0 Å². The summed E-state index contributed by atoms with van der Waals surface area (Å²) < 4.78 is 59.7. The van der Waals surface area contributed by atoms with Gasteiger partial charge in [-0.25, -0.2) is 19.4 Å². The monoisotopic (exact) mass is 629 g/mol. The normalized spacial score (nSPS) is 16.8. The highest BCUT2D eigenvalue weighted by molar-refractivity contribution is 6.02. The summed E-state index contributed by atoms with van der Waals surface area (Å²) in [6.45, 7) is 7.38. The fourth-order valence-corrected chi connectivity index (χ4v) is 5.28. The molecule has 2 aliphatic rings. The van der Waals surface area contributed by atoms with E-state index in [0.717, 1.165) is 18.2 Å². The minimum Gasteiger partial charge on any atom is -0.494 e. The zero-order valence-corrected chi connectivity index (χ0v) is 24.5. The standard InChI is InChI=1S/C30H31F4N7O4/c1-4-29(43)38-22-14-23(26(44-3)15-25(22)40-10-8-39(9-11-40)18(2)42)37-27-16-28(36-17-35-27)41-24(7-12-45-41)19-5-6-21(31)20(13-19)30(32,33)34/h4-6,13-17,24H,1,7-12H2,2-3H3,(H,38,43)(H,35,36,37). The molecule has 45 heavy (non-hydrogen) atoms. The summed E-state index contributed by atoms with van der Waals surface area (Å²) in [7, 11) is 1.49. The SMILES string of the molecule is C=CC(=O)Nc1cc(Nc2cc(N3OCCC3c3ccc(F)c(C(F)(F)F)c3)ncn2)c(OC)cc1N1CCN(C(C)=O)CC1. The van der Waals surface area contributed by atoms with Crippen LogP contribution in [0.5, 0.6) is 5.75 Å². The van der Waals surface area contributed by atoms with Crippen molar-refractivity contribution in [2.75, 3.05) is 60.5 Å². The fraction of sp³-hybridized carbons (Fsp3) is 0.333. The van der Waals surface area contributed by atoms with Crippen LogP contribution in [-0.2, 0) is 20.6 Å². The maximum absolute atomic E-state index is 13.9. The number of benzene rings is 2. The molecule has 2 fully saturated rings. The van der Waals surface area contributed by atoms with Crippen LogP contribution in [0, 0.1) is 5.82 Å². The van der Waals surface area contributed by atoms with Crippen molar-refractivity contribution >= 4 is 40.5 Å². The summed E-state index contributed by atoms with van der Waals surface area (Å²) in [4.78, 5) is 42.2. The molecule has 0 spiro atoms. The second-order valence-corrected chi connectivity index (χ2v) is 10.3. The highest BCUT2D eigenvalue weighted by Gasteiger charge is 2.37. The van der Waals surface area contributed by atoms with Crippen LogP contribution in [0.15, 0.2) is 55.4 Å². The lowest BCUT2D eigenvalue weighted by Crippen LogP contribution is -2.48. The van der Waals surface area contributed by atoms with Crippen molar-refractivity contribution < 1.29 is 36.7 Å². The molecule has 3 aromatic rings. The Bertz CT molecular complexity index is 1590. The highest BCUT2D eigenvalue weighted by Crippen LogP contribution is 2.41. The van der Waals surface area contributed by atoms with E-state index in [1.165, 1.54) is 31.5 Å². The van der Waals surface area contributed by atoms with Crippen LogP contribution in [0.1, 0.15) is 30.5 Å². The molecule has 1 aromatic heterocycles. The van der Waals surface area contributed by atoms with Gasteiger partial charge in [-0.3, -0.25) is 14.4 Å². The number of piperazine rings is 1. The predicted octanol–water partition coefficient (Wildman–Crippen LogP) is 5.06. The van der Waals surface area contributed by atoms with Gasteiger partial charge in [-0.2, -0.15) is 13.2 Å². The zero-order valence-electron chi connectivity index (χ0n) is 24.5. The molecule has 11 nitrogen and oxygen atoms in total. The Kier molecular flexibility index (Phi) is 9.09. The van der Waals surface area contributed by atoms with E-state index in [1.807, 2.05) is 4.90 Å². The van der Waals surface area contributed by atoms with E-state index >= 15 is 0 Å². The molecule has 3 heterocycles. The molecule has 2 N–H and O–H groups in total. The van der Waals surface area contributed by atoms with Crippen molar-refractivity contribution in [3.63, 3.8) is 0 Å².